The Kier molecular flexibility index (Phi) is 5.50. The van der Waals surface area contributed by atoms with Crippen LogP contribution in [0.15, 0.2) is 18.2 Å². The van der Waals surface area contributed by atoms with E-state index in [9.17, 15) is 9.59 Å². The summed E-state index contributed by atoms with van der Waals surface area (Å²) in [6.07, 6.45) is 4.93. The second kappa shape index (κ2) is 8.27. The third-order valence-corrected chi connectivity index (χ3v) is 6.94. The van der Waals surface area contributed by atoms with Gasteiger partial charge in [0.05, 0.1) is 12.1 Å². The van der Waals surface area contributed by atoms with Gasteiger partial charge in [-0.3, -0.25) is 4.79 Å². The van der Waals surface area contributed by atoms with Gasteiger partial charge < -0.3 is 24.6 Å². The van der Waals surface area contributed by atoms with E-state index in [1.54, 1.807) is 0 Å². The summed E-state index contributed by atoms with van der Waals surface area (Å²) < 4.78 is 11.8. The molecule has 30 heavy (non-hydrogen) atoms. The molecule has 3 amide bonds. The van der Waals surface area contributed by atoms with Crippen molar-refractivity contribution in [2.24, 2.45) is 0 Å². The smallest absolute Gasteiger partial charge is 0.320 e. The van der Waals surface area contributed by atoms with Crippen molar-refractivity contribution in [1.29, 1.82) is 0 Å². The molecule has 1 N–H and O–H groups in total. The molecule has 1 aliphatic carbocycles. The van der Waals surface area contributed by atoms with Crippen LogP contribution >= 0.6 is 11.6 Å². The monoisotopic (exact) mass is 433 g/mol. The Balaban J connectivity index is 1.13. The molecule has 1 aromatic carbocycles. The SMILES string of the molecule is O=C1CO[C@H]2CCN(C(=O)N3CCC(Oc4ccc(Cl)c(C5CC5)c4)CC3)C[C@H]2N1. The predicted octanol–water partition coefficient (Wildman–Crippen LogP) is 2.77. The molecular weight excluding hydrogens is 406 g/mol. The number of urea groups is 1. The fraction of sp³-hybridized carbons (Fsp3) is 0.636. The summed E-state index contributed by atoms with van der Waals surface area (Å²) in [5.41, 5.74) is 1.20. The molecule has 3 aliphatic heterocycles. The number of hydrogen-bond donors (Lipinski definition) is 1. The molecule has 4 fully saturated rings. The Bertz CT molecular complexity index is 823. The number of fused-ring (bicyclic) bond motifs is 1. The van der Waals surface area contributed by atoms with Crippen LogP contribution in [0.1, 0.15) is 43.6 Å². The lowest BCUT2D eigenvalue weighted by Crippen LogP contribution is -2.62. The highest BCUT2D eigenvalue weighted by molar-refractivity contribution is 6.31. The number of halogens is 1. The van der Waals surface area contributed by atoms with E-state index in [0.29, 0.717) is 32.1 Å². The first kappa shape index (κ1) is 19.9. The van der Waals surface area contributed by atoms with Gasteiger partial charge in [-0.05, 0) is 48.9 Å². The second-order valence-corrected chi connectivity index (χ2v) is 9.21. The van der Waals surface area contributed by atoms with Gasteiger partial charge in [-0.15, -0.1) is 0 Å². The highest BCUT2D eigenvalue weighted by atomic mass is 35.5. The molecule has 2 atom stereocenters. The first-order valence-electron chi connectivity index (χ1n) is 11.0. The number of hydrogen-bond acceptors (Lipinski definition) is 4. The molecule has 162 valence electrons. The van der Waals surface area contributed by atoms with Gasteiger partial charge in [0, 0.05) is 44.0 Å². The van der Waals surface area contributed by atoms with Gasteiger partial charge >= 0.3 is 6.03 Å². The van der Waals surface area contributed by atoms with Crippen LogP contribution in [0.25, 0.3) is 0 Å². The molecule has 5 rings (SSSR count). The predicted molar refractivity (Wildman–Crippen MR) is 112 cm³/mol. The molecule has 3 saturated heterocycles. The van der Waals surface area contributed by atoms with E-state index in [0.717, 1.165) is 30.0 Å². The van der Waals surface area contributed by atoms with E-state index in [1.165, 1.54) is 18.4 Å². The number of carbonyl (C=O) groups excluding carboxylic acids is 2. The Morgan fingerprint density at radius 3 is 2.63 bits per heavy atom. The number of morpholine rings is 1. The van der Waals surface area contributed by atoms with Crippen LogP contribution in [0.5, 0.6) is 5.75 Å². The number of benzene rings is 1. The second-order valence-electron chi connectivity index (χ2n) is 8.80. The van der Waals surface area contributed by atoms with E-state index in [4.69, 9.17) is 21.1 Å². The minimum Gasteiger partial charge on any atom is -0.490 e. The zero-order chi connectivity index (χ0) is 20.7. The third kappa shape index (κ3) is 4.23. The Labute approximate surface area is 181 Å². The summed E-state index contributed by atoms with van der Waals surface area (Å²) >= 11 is 6.32. The maximum atomic E-state index is 13.0. The molecule has 4 aliphatic rings. The van der Waals surface area contributed by atoms with Gasteiger partial charge in [0.1, 0.15) is 18.5 Å². The van der Waals surface area contributed by atoms with Crippen molar-refractivity contribution in [3.8, 4) is 5.75 Å². The van der Waals surface area contributed by atoms with Crippen LogP contribution in [-0.2, 0) is 9.53 Å². The molecule has 3 heterocycles. The first-order valence-corrected chi connectivity index (χ1v) is 11.4. The van der Waals surface area contributed by atoms with E-state index < -0.39 is 0 Å². The fourth-order valence-electron chi connectivity index (χ4n) is 4.73. The van der Waals surface area contributed by atoms with E-state index in [2.05, 4.69) is 11.4 Å². The lowest BCUT2D eigenvalue weighted by atomic mass is 10.0. The summed E-state index contributed by atoms with van der Waals surface area (Å²) in [6, 6.07) is 5.91. The number of nitrogens with zero attached hydrogens (tertiary/aromatic N) is 2. The molecule has 0 aromatic heterocycles. The van der Waals surface area contributed by atoms with Gasteiger partial charge in [0.2, 0.25) is 5.91 Å². The van der Waals surface area contributed by atoms with Crippen molar-refractivity contribution in [2.75, 3.05) is 32.8 Å². The van der Waals surface area contributed by atoms with Crippen LogP contribution in [0, 0.1) is 0 Å². The van der Waals surface area contributed by atoms with Crippen LogP contribution < -0.4 is 10.1 Å². The molecule has 0 unspecified atom stereocenters. The molecule has 0 radical (unpaired) electrons. The van der Waals surface area contributed by atoms with Gasteiger partial charge in [-0.25, -0.2) is 4.79 Å². The maximum Gasteiger partial charge on any atom is 0.320 e. The molecule has 1 aromatic rings. The van der Waals surface area contributed by atoms with Crippen LogP contribution in [0.4, 0.5) is 4.79 Å². The van der Waals surface area contributed by atoms with E-state index in [1.807, 2.05) is 21.9 Å². The van der Waals surface area contributed by atoms with Gasteiger partial charge in [0.15, 0.2) is 0 Å². The summed E-state index contributed by atoms with van der Waals surface area (Å²) in [5, 5.41) is 3.78. The number of rotatable bonds is 3. The van der Waals surface area contributed by atoms with Crippen molar-refractivity contribution in [1.82, 2.24) is 15.1 Å². The molecular formula is C22H28ClN3O4. The summed E-state index contributed by atoms with van der Waals surface area (Å²) in [6.45, 7) is 2.67. The number of piperidine rings is 2. The highest BCUT2D eigenvalue weighted by Crippen LogP contribution is 2.44. The average molecular weight is 434 g/mol. The van der Waals surface area contributed by atoms with Gasteiger partial charge in [0.25, 0.3) is 0 Å². The summed E-state index contributed by atoms with van der Waals surface area (Å²) in [5.74, 6) is 1.36. The van der Waals surface area contributed by atoms with Crippen molar-refractivity contribution >= 4 is 23.5 Å². The fourth-order valence-corrected chi connectivity index (χ4v) is 5.01. The van der Waals surface area contributed by atoms with E-state index in [-0.39, 0.29) is 36.8 Å². The normalized spacial score (nSPS) is 27.4. The molecule has 8 heteroatoms. The number of ether oxygens (including phenoxy) is 2. The minimum absolute atomic E-state index is 0.0193. The van der Waals surface area contributed by atoms with Crippen molar-refractivity contribution < 1.29 is 19.1 Å². The highest BCUT2D eigenvalue weighted by Gasteiger charge is 2.38. The first-order chi connectivity index (χ1) is 14.6. The van der Waals surface area contributed by atoms with Crippen LogP contribution in [-0.4, -0.2) is 72.8 Å². The lowest BCUT2D eigenvalue weighted by Gasteiger charge is -2.43. The molecule has 7 nitrogen and oxygen atoms in total. The zero-order valence-corrected chi connectivity index (χ0v) is 17.8. The largest absolute Gasteiger partial charge is 0.490 e. The number of amides is 3. The molecule has 0 bridgehead atoms. The van der Waals surface area contributed by atoms with Gasteiger partial charge in [-0.1, -0.05) is 11.6 Å². The average Bonchev–Trinajstić information content (AvgIpc) is 3.60. The van der Waals surface area contributed by atoms with Crippen molar-refractivity contribution in [2.45, 2.75) is 56.3 Å². The lowest BCUT2D eigenvalue weighted by molar-refractivity contribution is -0.139. The zero-order valence-electron chi connectivity index (χ0n) is 17.0. The van der Waals surface area contributed by atoms with Crippen molar-refractivity contribution in [3.05, 3.63) is 28.8 Å². The van der Waals surface area contributed by atoms with Crippen molar-refractivity contribution in [3.63, 3.8) is 0 Å². The summed E-state index contributed by atoms with van der Waals surface area (Å²) in [4.78, 5) is 28.3. The topological polar surface area (TPSA) is 71.1 Å². The third-order valence-electron chi connectivity index (χ3n) is 6.59. The maximum absolute atomic E-state index is 13.0. The van der Waals surface area contributed by atoms with Gasteiger partial charge in [-0.2, -0.15) is 0 Å². The Morgan fingerprint density at radius 2 is 1.87 bits per heavy atom. The molecule has 0 spiro atoms. The van der Waals surface area contributed by atoms with Crippen LogP contribution in [0.2, 0.25) is 5.02 Å². The summed E-state index contributed by atoms with van der Waals surface area (Å²) in [7, 11) is 0. The number of carbonyl (C=O) groups is 2. The quantitative estimate of drug-likeness (QED) is 0.795. The number of nitrogens with one attached hydrogen (secondary N) is 1. The Hall–Kier alpha value is -1.99. The Morgan fingerprint density at radius 1 is 1.10 bits per heavy atom. The minimum atomic E-state index is -0.101. The van der Waals surface area contributed by atoms with E-state index >= 15 is 0 Å². The standard InChI is InChI=1S/C22H28ClN3O4/c23-18-4-3-16(11-17(18)14-1-2-14)30-15-5-8-25(9-6-15)22(28)26-10-7-20-19(12-26)24-21(27)13-29-20/h3-4,11,14-15,19-20H,1-2,5-10,12-13H2,(H,24,27)/t19-,20+/m1/s1. The molecule has 1 saturated carbocycles. The number of likely N-dealkylation sites (tertiary alicyclic amines) is 2. The van der Waals surface area contributed by atoms with Crippen LogP contribution in [0.3, 0.4) is 0 Å².